The standard InChI is InChI=1S/C13H18O/c1-3-5-12(4-2)13-8-6-11(10-14)7-9-13/h6-10,12H,3-5H2,1-2H3. The van der Waals surface area contributed by atoms with Crippen molar-refractivity contribution in [3.8, 4) is 0 Å². The molecule has 1 atom stereocenters. The summed E-state index contributed by atoms with van der Waals surface area (Å²) in [6, 6.07) is 7.96. The van der Waals surface area contributed by atoms with Crippen LogP contribution in [-0.4, -0.2) is 6.29 Å². The van der Waals surface area contributed by atoms with Gasteiger partial charge in [0.2, 0.25) is 0 Å². The summed E-state index contributed by atoms with van der Waals surface area (Å²) in [6.45, 7) is 4.43. The predicted octanol–water partition coefficient (Wildman–Crippen LogP) is 3.79. The maximum atomic E-state index is 10.5. The lowest BCUT2D eigenvalue weighted by Gasteiger charge is -2.13. The first-order valence-corrected chi connectivity index (χ1v) is 5.37. The average Bonchev–Trinajstić information content (AvgIpc) is 2.26. The summed E-state index contributed by atoms with van der Waals surface area (Å²) in [5.74, 6) is 0.653. The van der Waals surface area contributed by atoms with Crippen LogP contribution in [0.2, 0.25) is 0 Å². The summed E-state index contributed by atoms with van der Waals surface area (Å²) < 4.78 is 0. The third-order valence-corrected chi connectivity index (χ3v) is 2.67. The Labute approximate surface area is 86.1 Å². The van der Waals surface area contributed by atoms with Gasteiger partial charge in [-0.1, -0.05) is 44.5 Å². The van der Waals surface area contributed by atoms with E-state index < -0.39 is 0 Å². The van der Waals surface area contributed by atoms with Gasteiger partial charge < -0.3 is 0 Å². The van der Waals surface area contributed by atoms with Gasteiger partial charge >= 0.3 is 0 Å². The summed E-state index contributed by atoms with van der Waals surface area (Å²) in [5.41, 5.74) is 2.13. The maximum absolute atomic E-state index is 10.5. The molecule has 0 N–H and O–H groups in total. The summed E-state index contributed by atoms with van der Waals surface area (Å²) >= 11 is 0. The highest BCUT2D eigenvalue weighted by Crippen LogP contribution is 2.24. The van der Waals surface area contributed by atoms with Crippen molar-refractivity contribution in [2.24, 2.45) is 0 Å². The highest BCUT2D eigenvalue weighted by atomic mass is 16.1. The second-order valence-electron chi connectivity index (χ2n) is 3.68. The summed E-state index contributed by atoms with van der Waals surface area (Å²) in [4.78, 5) is 10.5. The maximum Gasteiger partial charge on any atom is 0.150 e. The van der Waals surface area contributed by atoms with Crippen LogP contribution in [0.4, 0.5) is 0 Å². The van der Waals surface area contributed by atoms with E-state index in [1.54, 1.807) is 0 Å². The molecule has 76 valence electrons. The van der Waals surface area contributed by atoms with Gasteiger partial charge in [-0.05, 0) is 24.3 Å². The lowest BCUT2D eigenvalue weighted by atomic mass is 9.92. The highest BCUT2D eigenvalue weighted by Gasteiger charge is 2.07. The van der Waals surface area contributed by atoms with Crippen LogP contribution in [0.5, 0.6) is 0 Å². The Bertz CT molecular complexity index is 274. The van der Waals surface area contributed by atoms with Crippen molar-refractivity contribution in [3.63, 3.8) is 0 Å². The molecule has 1 unspecified atom stereocenters. The number of carbonyl (C=O) groups is 1. The number of benzene rings is 1. The van der Waals surface area contributed by atoms with E-state index >= 15 is 0 Å². The summed E-state index contributed by atoms with van der Waals surface area (Å²) in [5, 5.41) is 0. The van der Waals surface area contributed by atoms with Crippen molar-refractivity contribution in [1.82, 2.24) is 0 Å². The zero-order valence-electron chi connectivity index (χ0n) is 8.99. The Morgan fingerprint density at radius 3 is 2.29 bits per heavy atom. The van der Waals surface area contributed by atoms with Gasteiger partial charge in [0.25, 0.3) is 0 Å². The number of carbonyl (C=O) groups excluding carboxylic acids is 1. The zero-order valence-corrected chi connectivity index (χ0v) is 8.99. The second kappa shape index (κ2) is 5.58. The molecule has 1 aromatic carbocycles. The molecule has 1 rings (SSSR count). The first-order valence-electron chi connectivity index (χ1n) is 5.37. The van der Waals surface area contributed by atoms with E-state index in [0.717, 1.165) is 11.8 Å². The number of hydrogen-bond acceptors (Lipinski definition) is 1. The van der Waals surface area contributed by atoms with Gasteiger partial charge in [0, 0.05) is 5.56 Å². The normalized spacial score (nSPS) is 12.4. The van der Waals surface area contributed by atoms with E-state index in [2.05, 4.69) is 26.0 Å². The monoisotopic (exact) mass is 190 g/mol. The molecular weight excluding hydrogens is 172 g/mol. The van der Waals surface area contributed by atoms with Gasteiger partial charge in [-0.3, -0.25) is 4.79 Å². The van der Waals surface area contributed by atoms with Crippen molar-refractivity contribution >= 4 is 6.29 Å². The van der Waals surface area contributed by atoms with Gasteiger partial charge in [-0.25, -0.2) is 0 Å². The minimum atomic E-state index is 0.653. The minimum Gasteiger partial charge on any atom is -0.298 e. The fourth-order valence-electron chi connectivity index (χ4n) is 1.80. The molecule has 14 heavy (non-hydrogen) atoms. The Morgan fingerprint density at radius 2 is 1.86 bits per heavy atom. The largest absolute Gasteiger partial charge is 0.298 e. The van der Waals surface area contributed by atoms with E-state index in [9.17, 15) is 4.79 Å². The van der Waals surface area contributed by atoms with Crippen molar-refractivity contribution in [2.75, 3.05) is 0 Å². The topological polar surface area (TPSA) is 17.1 Å². The Kier molecular flexibility index (Phi) is 4.37. The fraction of sp³-hybridized carbons (Fsp3) is 0.462. The molecule has 0 radical (unpaired) electrons. The van der Waals surface area contributed by atoms with Crippen molar-refractivity contribution < 1.29 is 4.79 Å². The molecule has 0 aromatic heterocycles. The lowest BCUT2D eigenvalue weighted by molar-refractivity contribution is 0.112. The van der Waals surface area contributed by atoms with Gasteiger partial charge in [-0.15, -0.1) is 0 Å². The van der Waals surface area contributed by atoms with E-state index in [-0.39, 0.29) is 0 Å². The van der Waals surface area contributed by atoms with Gasteiger partial charge in [0.1, 0.15) is 6.29 Å². The van der Waals surface area contributed by atoms with Crippen LogP contribution in [0.1, 0.15) is 54.9 Å². The third kappa shape index (κ3) is 2.69. The summed E-state index contributed by atoms with van der Waals surface area (Å²) in [7, 11) is 0. The van der Waals surface area contributed by atoms with E-state index in [4.69, 9.17) is 0 Å². The van der Waals surface area contributed by atoms with E-state index in [1.165, 1.54) is 24.8 Å². The average molecular weight is 190 g/mol. The van der Waals surface area contributed by atoms with Crippen molar-refractivity contribution in [2.45, 2.75) is 39.0 Å². The lowest BCUT2D eigenvalue weighted by Crippen LogP contribution is -1.96. The highest BCUT2D eigenvalue weighted by molar-refractivity contribution is 5.74. The smallest absolute Gasteiger partial charge is 0.150 e. The van der Waals surface area contributed by atoms with E-state index in [0.29, 0.717) is 5.92 Å². The number of rotatable bonds is 5. The first-order chi connectivity index (χ1) is 6.81. The molecule has 0 heterocycles. The molecule has 1 nitrogen and oxygen atoms in total. The number of hydrogen-bond donors (Lipinski definition) is 0. The van der Waals surface area contributed by atoms with E-state index in [1.807, 2.05) is 12.1 Å². The molecule has 0 spiro atoms. The molecule has 0 fully saturated rings. The number of aldehydes is 1. The second-order valence-corrected chi connectivity index (χ2v) is 3.68. The first kappa shape index (κ1) is 11.0. The molecule has 0 aliphatic heterocycles. The van der Waals surface area contributed by atoms with Crippen molar-refractivity contribution in [3.05, 3.63) is 35.4 Å². The fourth-order valence-corrected chi connectivity index (χ4v) is 1.80. The van der Waals surface area contributed by atoms with Gasteiger partial charge in [0.15, 0.2) is 0 Å². The van der Waals surface area contributed by atoms with Crippen LogP contribution in [0.15, 0.2) is 24.3 Å². The molecule has 1 heteroatoms. The zero-order chi connectivity index (χ0) is 10.4. The SMILES string of the molecule is CCCC(CC)c1ccc(C=O)cc1. The van der Waals surface area contributed by atoms with Crippen LogP contribution in [0.3, 0.4) is 0 Å². The van der Waals surface area contributed by atoms with Crippen LogP contribution in [0.25, 0.3) is 0 Å². The molecule has 1 aromatic rings. The summed E-state index contributed by atoms with van der Waals surface area (Å²) in [6.07, 6.45) is 4.52. The van der Waals surface area contributed by atoms with Gasteiger partial charge in [-0.2, -0.15) is 0 Å². The molecule has 0 aliphatic carbocycles. The van der Waals surface area contributed by atoms with Crippen molar-refractivity contribution in [1.29, 1.82) is 0 Å². The van der Waals surface area contributed by atoms with Crippen LogP contribution in [0, 0.1) is 0 Å². The molecule has 0 amide bonds. The molecular formula is C13H18O. The Balaban J connectivity index is 2.77. The van der Waals surface area contributed by atoms with Crippen LogP contribution in [-0.2, 0) is 0 Å². The molecule has 0 aliphatic rings. The molecule has 0 saturated carbocycles. The molecule has 0 bridgehead atoms. The third-order valence-electron chi connectivity index (χ3n) is 2.67. The predicted molar refractivity (Wildman–Crippen MR) is 59.8 cm³/mol. The van der Waals surface area contributed by atoms with Crippen LogP contribution >= 0.6 is 0 Å². The minimum absolute atomic E-state index is 0.653. The quantitative estimate of drug-likeness (QED) is 0.645. The molecule has 0 saturated heterocycles. The Morgan fingerprint density at radius 1 is 1.21 bits per heavy atom. The van der Waals surface area contributed by atoms with Crippen LogP contribution < -0.4 is 0 Å². The van der Waals surface area contributed by atoms with Gasteiger partial charge in [0.05, 0.1) is 0 Å². The Hall–Kier alpha value is -1.11.